The van der Waals surface area contributed by atoms with Crippen molar-refractivity contribution >= 4 is 11.7 Å². The second-order valence-electron chi connectivity index (χ2n) is 7.30. The Labute approximate surface area is 172 Å². The van der Waals surface area contributed by atoms with E-state index in [2.05, 4.69) is 14.9 Å². The molecule has 0 aliphatic carbocycles. The van der Waals surface area contributed by atoms with E-state index in [1.165, 1.54) is 12.8 Å². The van der Waals surface area contributed by atoms with Crippen LogP contribution in [-0.2, 0) is 6.54 Å². The molecule has 148 valence electrons. The van der Waals surface area contributed by atoms with E-state index in [1.807, 2.05) is 66.4 Å². The van der Waals surface area contributed by atoms with Gasteiger partial charge in [0.2, 0.25) is 0 Å². The Morgan fingerprint density at radius 1 is 0.966 bits per heavy atom. The predicted molar refractivity (Wildman–Crippen MR) is 116 cm³/mol. The Hall–Kier alpha value is -3.21. The maximum absolute atomic E-state index is 13.0. The third kappa shape index (κ3) is 4.29. The van der Waals surface area contributed by atoms with Crippen LogP contribution in [-0.4, -0.2) is 40.4 Å². The molecule has 0 spiro atoms. The lowest BCUT2D eigenvalue weighted by atomic mass is 10.1. The summed E-state index contributed by atoms with van der Waals surface area (Å²) in [4.78, 5) is 26.3. The van der Waals surface area contributed by atoms with Crippen molar-refractivity contribution in [3.05, 3.63) is 78.1 Å². The van der Waals surface area contributed by atoms with Gasteiger partial charge in [0.05, 0.1) is 0 Å². The van der Waals surface area contributed by atoms with E-state index in [0.29, 0.717) is 18.7 Å². The van der Waals surface area contributed by atoms with E-state index in [1.54, 1.807) is 12.4 Å². The molecule has 0 bridgehead atoms. The molecule has 5 heteroatoms. The van der Waals surface area contributed by atoms with Crippen LogP contribution in [0.5, 0.6) is 0 Å². The lowest BCUT2D eigenvalue weighted by Gasteiger charge is -2.21. The topological polar surface area (TPSA) is 49.3 Å². The van der Waals surface area contributed by atoms with Gasteiger partial charge in [-0.25, -0.2) is 4.98 Å². The fourth-order valence-electron chi connectivity index (χ4n) is 3.78. The molecular formula is C24H26N4O. The van der Waals surface area contributed by atoms with Crippen LogP contribution in [0.15, 0.2) is 67.0 Å². The monoisotopic (exact) mass is 386 g/mol. The van der Waals surface area contributed by atoms with Crippen LogP contribution in [0.3, 0.4) is 0 Å². The first-order valence-corrected chi connectivity index (χ1v) is 10.3. The van der Waals surface area contributed by atoms with E-state index >= 15 is 0 Å². The van der Waals surface area contributed by atoms with Crippen LogP contribution in [0.2, 0.25) is 0 Å². The molecule has 1 saturated heterocycles. The number of hydrogen-bond acceptors (Lipinski definition) is 4. The first kappa shape index (κ1) is 19.1. The third-order valence-electron chi connectivity index (χ3n) is 5.38. The van der Waals surface area contributed by atoms with Gasteiger partial charge in [0.25, 0.3) is 5.91 Å². The zero-order valence-electron chi connectivity index (χ0n) is 16.8. The van der Waals surface area contributed by atoms with Crippen LogP contribution >= 0.6 is 0 Å². The number of carbonyl (C=O) groups is 1. The van der Waals surface area contributed by atoms with Crippen LogP contribution in [0.4, 0.5) is 5.82 Å². The van der Waals surface area contributed by atoms with Gasteiger partial charge in [-0.2, -0.15) is 0 Å². The first-order valence-electron chi connectivity index (χ1n) is 10.3. The number of nitrogens with zero attached hydrogens (tertiary/aromatic N) is 4. The SMILES string of the molecule is CCN(Cc1ccccc1)C(=O)c1ccc(-c2nccnc2N2CCCC2)cc1. The summed E-state index contributed by atoms with van der Waals surface area (Å²) in [5.41, 5.74) is 3.69. The molecule has 4 rings (SSSR count). The van der Waals surface area contributed by atoms with Crippen molar-refractivity contribution in [3.8, 4) is 11.3 Å². The van der Waals surface area contributed by atoms with E-state index in [4.69, 9.17) is 0 Å². The largest absolute Gasteiger partial charge is 0.355 e. The fraction of sp³-hybridized carbons (Fsp3) is 0.292. The summed E-state index contributed by atoms with van der Waals surface area (Å²) < 4.78 is 0. The predicted octanol–water partition coefficient (Wildman–Crippen LogP) is 4.41. The Morgan fingerprint density at radius 2 is 1.66 bits per heavy atom. The normalized spacial score (nSPS) is 13.5. The van der Waals surface area contributed by atoms with E-state index in [9.17, 15) is 4.79 Å². The summed E-state index contributed by atoms with van der Waals surface area (Å²) in [6, 6.07) is 17.8. The number of anilines is 1. The molecule has 1 amide bonds. The minimum absolute atomic E-state index is 0.0433. The molecule has 0 radical (unpaired) electrons. The Bertz CT molecular complexity index is 950. The maximum Gasteiger partial charge on any atom is 0.254 e. The van der Waals surface area contributed by atoms with Crippen molar-refractivity contribution in [2.45, 2.75) is 26.3 Å². The van der Waals surface area contributed by atoms with E-state index in [-0.39, 0.29) is 5.91 Å². The molecule has 1 aliphatic heterocycles. The van der Waals surface area contributed by atoms with E-state index < -0.39 is 0 Å². The average Bonchev–Trinajstić information content (AvgIpc) is 3.33. The summed E-state index contributed by atoms with van der Waals surface area (Å²) in [6.07, 6.45) is 5.86. The Balaban J connectivity index is 1.54. The van der Waals surface area contributed by atoms with Gasteiger partial charge >= 0.3 is 0 Å². The smallest absolute Gasteiger partial charge is 0.254 e. The molecule has 1 aliphatic rings. The van der Waals surface area contributed by atoms with Gasteiger partial charge in [0, 0.05) is 49.7 Å². The maximum atomic E-state index is 13.0. The van der Waals surface area contributed by atoms with Crippen LogP contribution in [0, 0.1) is 0 Å². The molecule has 0 N–H and O–H groups in total. The number of benzene rings is 2. The van der Waals surface area contributed by atoms with Gasteiger partial charge in [-0.05, 0) is 37.5 Å². The van der Waals surface area contributed by atoms with Gasteiger partial charge in [-0.1, -0.05) is 42.5 Å². The average molecular weight is 386 g/mol. The minimum Gasteiger partial charge on any atom is -0.355 e. The van der Waals surface area contributed by atoms with Crippen molar-refractivity contribution in [2.75, 3.05) is 24.5 Å². The molecule has 1 aromatic heterocycles. The molecule has 2 heterocycles. The molecular weight excluding hydrogens is 360 g/mol. The fourth-order valence-corrected chi connectivity index (χ4v) is 3.78. The summed E-state index contributed by atoms with van der Waals surface area (Å²) in [5, 5.41) is 0. The zero-order valence-corrected chi connectivity index (χ0v) is 16.8. The number of rotatable bonds is 6. The first-order chi connectivity index (χ1) is 14.3. The molecule has 0 saturated carbocycles. The summed E-state index contributed by atoms with van der Waals surface area (Å²) in [6.45, 7) is 5.33. The third-order valence-corrected chi connectivity index (χ3v) is 5.38. The lowest BCUT2D eigenvalue weighted by molar-refractivity contribution is 0.0752. The highest BCUT2D eigenvalue weighted by Crippen LogP contribution is 2.29. The molecule has 0 atom stereocenters. The van der Waals surface area contributed by atoms with Gasteiger partial charge in [-0.15, -0.1) is 0 Å². The van der Waals surface area contributed by atoms with Crippen molar-refractivity contribution in [3.63, 3.8) is 0 Å². The molecule has 29 heavy (non-hydrogen) atoms. The summed E-state index contributed by atoms with van der Waals surface area (Å²) in [5.74, 6) is 0.977. The molecule has 3 aromatic rings. The highest BCUT2D eigenvalue weighted by molar-refractivity contribution is 5.94. The highest BCUT2D eigenvalue weighted by Gasteiger charge is 2.19. The minimum atomic E-state index is 0.0433. The van der Waals surface area contributed by atoms with Crippen molar-refractivity contribution in [1.82, 2.24) is 14.9 Å². The van der Waals surface area contributed by atoms with Gasteiger partial charge < -0.3 is 9.80 Å². The summed E-state index contributed by atoms with van der Waals surface area (Å²) in [7, 11) is 0. The van der Waals surface area contributed by atoms with Crippen molar-refractivity contribution in [2.24, 2.45) is 0 Å². The van der Waals surface area contributed by atoms with Crippen LogP contribution in [0.25, 0.3) is 11.3 Å². The molecule has 5 nitrogen and oxygen atoms in total. The van der Waals surface area contributed by atoms with Gasteiger partial charge in [0.1, 0.15) is 5.69 Å². The highest BCUT2D eigenvalue weighted by atomic mass is 16.2. The second-order valence-corrected chi connectivity index (χ2v) is 7.30. The van der Waals surface area contributed by atoms with Gasteiger partial charge in [-0.3, -0.25) is 9.78 Å². The second kappa shape index (κ2) is 8.86. The molecule has 0 unspecified atom stereocenters. The lowest BCUT2D eigenvalue weighted by Crippen LogP contribution is -2.30. The number of carbonyl (C=O) groups excluding carboxylic acids is 1. The van der Waals surface area contributed by atoms with Gasteiger partial charge in [0.15, 0.2) is 5.82 Å². The standard InChI is InChI=1S/C24H26N4O/c1-2-27(18-19-8-4-3-5-9-19)24(29)21-12-10-20(11-13-21)22-23(26-15-14-25-22)28-16-6-7-17-28/h3-5,8-15H,2,6-7,16-18H2,1H3. The Morgan fingerprint density at radius 3 is 2.34 bits per heavy atom. The summed E-state index contributed by atoms with van der Waals surface area (Å²) >= 11 is 0. The number of amides is 1. The van der Waals surface area contributed by atoms with Crippen LogP contribution < -0.4 is 4.90 Å². The quantitative estimate of drug-likeness (QED) is 0.630. The zero-order chi connectivity index (χ0) is 20.1. The molecule has 1 fully saturated rings. The molecule has 2 aromatic carbocycles. The van der Waals surface area contributed by atoms with E-state index in [0.717, 1.165) is 35.7 Å². The number of aromatic nitrogens is 2. The number of hydrogen-bond donors (Lipinski definition) is 0. The Kier molecular flexibility index (Phi) is 5.84. The van der Waals surface area contributed by atoms with Crippen LogP contribution in [0.1, 0.15) is 35.7 Å². The van der Waals surface area contributed by atoms with Crippen molar-refractivity contribution in [1.29, 1.82) is 0 Å². The van der Waals surface area contributed by atoms with Crippen molar-refractivity contribution < 1.29 is 4.79 Å².